The number of hydrogen-bond acceptors (Lipinski definition) is 6. The molecule has 4 aromatic rings. The second kappa shape index (κ2) is 9.38. The highest BCUT2D eigenvalue weighted by Gasteiger charge is 2.16. The Balaban J connectivity index is 1.36. The molecule has 4 rings (SSSR count). The minimum absolute atomic E-state index is 0.00133. The van der Waals surface area contributed by atoms with Gasteiger partial charge in [0, 0.05) is 26.1 Å². The number of benzene rings is 2. The summed E-state index contributed by atoms with van der Waals surface area (Å²) in [5.74, 6) is -2.28. The van der Waals surface area contributed by atoms with Gasteiger partial charge in [-0.2, -0.15) is 0 Å². The molecule has 1 N–H and O–H groups in total. The number of nitrogens with zero attached hydrogens (tertiary/aromatic N) is 4. The van der Waals surface area contributed by atoms with E-state index >= 15 is 0 Å². The second-order valence-electron chi connectivity index (χ2n) is 7.78. The van der Waals surface area contributed by atoms with Crippen LogP contribution >= 0.6 is 0 Å². The van der Waals surface area contributed by atoms with E-state index in [0.717, 1.165) is 17.7 Å². The van der Waals surface area contributed by atoms with Crippen molar-refractivity contribution in [2.45, 2.75) is 26.4 Å². The predicted octanol–water partition coefficient (Wildman–Crippen LogP) is 2.42. The molecule has 34 heavy (non-hydrogen) atoms. The van der Waals surface area contributed by atoms with Crippen molar-refractivity contribution in [2.24, 2.45) is 7.05 Å². The second-order valence-corrected chi connectivity index (χ2v) is 7.78. The standard InChI is InChI=1S/C23H21F2N5O4/c1-13-5-8-18-16(10-13)22(33)29(2)23-28-27-19(30(18)23)12-34-20(31)4-3-9-26-21(32)15-7-6-14(24)11-17(15)25/h5-8,10-11H,3-4,9,12H2,1-2H3,(H,26,32). The average Bonchev–Trinajstić information content (AvgIpc) is 3.23. The van der Waals surface area contributed by atoms with Crippen LogP contribution in [-0.2, 0) is 23.2 Å². The quantitative estimate of drug-likeness (QED) is 0.329. The first-order valence-corrected chi connectivity index (χ1v) is 10.5. The SMILES string of the molecule is Cc1ccc2c(c1)c(=O)n(C)c1nnc(COC(=O)CCCNC(=O)c3ccc(F)cc3F)n21. The summed E-state index contributed by atoms with van der Waals surface area (Å²) in [7, 11) is 1.59. The summed E-state index contributed by atoms with van der Waals surface area (Å²) in [6.45, 7) is 1.83. The first-order chi connectivity index (χ1) is 16.3. The van der Waals surface area contributed by atoms with Gasteiger partial charge >= 0.3 is 5.97 Å². The van der Waals surface area contributed by atoms with E-state index in [2.05, 4.69) is 15.5 Å². The maximum atomic E-state index is 13.6. The van der Waals surface area contributed by atoms with Crippen LogP contribution in [0.15, 0.2) is 41.2 Å². The number of hydrogen-bond donors (Lipinski definition) is 1. The Morgan fingerprint density at radius 3 is 2.68 bits per heavy atom. The number of rotatable bonds is 7. The Morgan fingerprint density at radius 1 is 1.12 bits per heavy atom. The number of aromatic nitrogens is 4. The largest absolute Gasteiger partial charge is 0.457 e. The summed E-state index contributed by atoms with van der Waals surface area (Å²) in [5.41, 5.74) is 1.05. The molecular weight excluding hydrogens is 448 g/mol. The van der Waals surface area contributed by atoms with Gasteiger partial charge < -0.3 is 10.1 Å². The minimum atomic E-state index is -0.961. The van der Waals surface area contributed by atoms with Crippen LogP contribution in [0, 0.1) is 18.6 Å². The van der Waals surface area contributed by atoms with Crippen LogP contribution in [0.4, 0.5) is 8.78 Å². The lowest BCUT2D eigenvalue weighted by Gasteiger charge is -2.09. The van der Waals surface area contributed by atoms with E-state index < -0.39 is 23.5 Å². The summed E-state index contributed by atoms with van der Waals surface area (Å²) < 4.78 is 34.9. The van der Waals surface area contributed by atoms with Crippen LogP contribution in [0.2, 0.25) is 0 Å². The van der Waals surface area contributed by atoms with Gasteiger partial charge in [-0.25, -0.2) is 8.78 Å². The molecular formula is C23H21F2N5O4. The third-order valence-electron chi connectivity index (χ3n) is 5.32. The molecule has 0 fully saturated rings. The molecule has 1 amide bonds. The fourth-order valence-electron chi connectivity index (χ4n) is 3.57. The Bertz CT molecular complexity index is 1480. The molecule has 0 aliphatic carbocycles. The molecule has 0 aliphatic heterocycles. The van der Waals surface area contributed by atoms with Crippen molar-refractivity contribution < 1.29 is 23.1 Å². The van der Waals surface area contributed by atoms with E-state index in [1.54, 1.807) is 23.6 Å². The average molecular weight is 469 g/mol. The molecule has 2 heterocycles. The van der Waals surface area contributed by atoms with Crippen molar-refractivity contribution in [3.63, 3.8) is 0 Å². The van der Waals surface area contributed by atoms with Crippen molar-refractivity contribution in [3.8, 4) is 0 Å². The Labute approximate surface area is 192 Å². The molecule has 2 aromatic heterocycles. The lowest BCUT2D eigenvalue weighted by atomic mass is 10.1. The summed E-state index contributed by atoms with van der Waals surface area (Å²) in [6, 6.07) is 8.11. The van der Waals surface area contributed by atoms with Gasteiger partial charge in [0.05, 0.1) is 16.5 Å². The van der Waals surface area contributed by atoms with Crippen molar-refractivity contribution in [3.05, 3.63) is 75.3 Å². The molecule has 0 unspecified atom stereocenters. The number of aryl methyl sites for hydroxylation is 2. The topological polar surface area (TPSA) is 108 Å². The lowest BCUT2D eigenvalue weighted by Crippen LogP contribution is -2.26. The van der Waals surface area contributed by atoms with Gasteiger partial charge in [-0.1, -0.05) is 11.6 Å². The monoisotopic (exact) mass is 469 g/mol. The summed E-state index contributed by atoms with van der Waals surface area (Å²) >= 11 is 0. The molecule has 2 aromatic carbocycles. The van der Waals surface area contributed by atoms with Crippen molar-refractivity contribution in [2.75, 3.05) is 6.54 Å². The van der Waals surface area contributed by atoms with Gasteiger partial charge in [-0.15, -0.1) is 10.2 Å². The van der Waals surface area contributed by atoms with Crippen molar-refractivity contribution in [1.82, 2.24) is 24.5 Å². The molecule has 176 valence electrons. The van der Waals surface area contributed by atoms with Crippen LogP contribution in [0.1, 0.15) is 34.6 Å². The normalized spacial score (nSPS) is 11.2. The van der Waals surface area contributed by atoms with Crippen LogP contribution in [-0.4, -0.2) is 37.6 Å². The molecule has 11 heteroatoms. The Hall–Kier alpha value is -4.15. The maximum Gasteiger partial charge on any atom is 0.306 e. The number of ether oxygens (including phenoxy) is 1. The number of esters is 1. The molecule has 0 atom stereocenters. The first kappa shape index (κ1) is 23.0. The Morgan fingerprint density at radius 2 is 1.91 bits per heavy atom. The number of amides is 1. The van der Waals surface area contributed by atoms with Gasteiger partial charge in [0.25, 0.3) is 11.5 Å². The molecule has 0 aliphatic rings. The summed E-state index contributed by atoms with van der Waals surface area (Å²) in [5, 5.41) is 11.1. The number of nitrogens with one attached hydrogen (secondary N) is 1. The maximum absolute atomic E-state index is 13.6. The zero-order chi connectivity index (χ0) is 24.4. The van der Waals surface area contributed by atoms with E-state index in [4.69, 9.17) is 4.74 Å². The van der Waals surface area contributed by atoms with E-state index in [1.807, 2.05) is 13.0 Å². The summed E-state index contributed by atoms with van der Waals surface area (Å²) in [4.78, 5) is 36.8. The first-order valence-electron chi connectivity index (χ1n) is 10.5. The van der Waals surface area contributed by atoms with Gasteiger partial charge in [0.2, 0.25) is 5.78 Å². The fourth-order valence-corrected chi connectivity index (χ4v) is 3.57. The number of carbonyl (C=O) groups is 2. The van der Waals surface area contributed by atoms with Crippen LogP contribution in [0.3, 0.4) is 0 Å². The van der Waals surface area contributed by atoms with Gasteiger partial charge in [-0.05, 0) is 37.6 Å². The molecule has 0 spiro atoms. The molecule has 0 bridgehead atoms. The van der Waals surface area contributed by atoms with E-state index in [-0.39, 0.29) is 37.1 Å². The van der Waals surface area contributed by atoms with Crippen molar-refractivity contribution in [1.29, 1.82) is 0 Å². The van der Waals surface area contributed by atoms with E-state index in [9.17, 15) is 23.2 Å². The highest BCUT2D eigenvalue weighted by atomic mass is 19.1. The number of halogens is 2. The molecule has 0 radical (unpaired) electrons. The van der Waals surface area contributed by atoms with Crippen molar-refractivity contribution >= 4 is 28.6 Å². The molecule has 0 saturated heterocycles. The minimum Gasteiger partial charge on any atom is -0.457 e. The zero-order valence-electron chi connectivity index (χ0n) is 18.5. The third kappa shape index (κ3) is 4.49. The molecule has 9 nitrogen and oxygen atoms in total. The van der Waals surface area contributed by atoms with Gasteiger partial charge in [0.1, 0.15) is 11.6 Å². The van der Waals surface area contributed by atoms with Crippen LogP contribution < -0.4 is 10.9 Å². The summed E-state index contributed by atoms with van der Waals surface area (Å²) in [6.07, 6.45) is 0.256. The van der Waals surface area contributed by atoms with Crippen LogP contribution in [0.25, 0.3) is 16.7 Å². The predicted molar refractivity (Wildman–Crippen MR) is 118 cm³/mol. The van der Waals surface area contributed by atoms with Gasteiger partial charge in [0.15, 0.2) is 12.4 Å². The third-order valence-corrected chi connectivity index (χ3v) is 5.32. The number of fused-ring (bicyclic) bond motifs is 3. The van der Waals surface area contributed by atoms with Gasteiger partial charge in [-0.3, -0.25) is 23.4 Å². The van der Waals surface area contributed by atoms with Crippen LogP contribution in [0.5, 0.6) is 0 Å². The highest BCUT2D eigenvalue weighted by molar-refractivity contribution is 5.94. The fraction of sp³-hybridized carbons (Fsp3) is 0.261. The van der Waals surface area contributed by atoms with E-state index in [0.29, 0.717) is 28.6 Å². The number of carbonyl (C=O) groups excluding carboxylic acids is 2. The molecule has 0 saturated carbocycles. The van der Waals surface area contributed by atoms with E-state index in [1.165, 1.54) is 4.57 Å². The lowest BCUT2D eigenvalue weighted by molar-refractivity contribution is -0.145. The highest BCUT2D eigenvalue weighted by Crippen LogP contribution is 2.16. The zero-order valence-corrected chi connectivity index (χ0v) is 18.5. The Kier molecular flexibility index (Phi) is 6.35. The smallest absolute Gasteiger partial charge is 0.306 e.